The van der Waals surface area contributed by atoms with Crippen LogP contribution in [0.3, 0.4) is 0 Å². The second-order valence-corrected chi connectivity index (χ2v) is 11.4. The van der Waals surface area contributed by atoms with Crippen LogP contribution < -0.4 is 21.1 Å². The lowest BCUT2D eigenvalue weighted by Crippen LogP contribution is -2.49. The zero-order valence-corrected chi connectivity index (χ0v) is 24.5. The number of hydrogen-bond acceptors (Lipinski definition) is 6. The highest BCUT2D eigenvalue weighted by Crippen LogP contribution is 2.33. The molecule has 0 aliphatic carbocycles. The zero-order chi connectivity index (χ0) is 30.3. The first kappa shape index (κ1) is 29.5. The van der Waals surface area contributed by atoms with Gasteiger partial charge in [-0.05, 0) is 61.4 Å². The Kier molecular flexibility index (Phi) is 9.17. The minimum atomic E-state index is -0.696. The molecule has 3 amide bonds. The largest absolute Gasteiger partial charge is 0.457 e. The Hall–Kier alpha value is -4.96. The van der Waals surface area contributed by atoms with Crippen LogP contribution in [0.15, 0.2) is 96.4 Å². The molecule has 1 aliphatic rings. The summed E-state index contributed by atoms with van der Waals surface area (Å²) in [5, 5.41) is 15.2. The maximum Gasteiger partial charge on any atom is 0.251 e. The predicted molar refractivity (Wildman–Crippen MR) is 166 cm³/mol. The third-order valence-electron chi connectivity index (χ3n) is 7.41. The van der Waals surface area contributed by atoms with Crippen LogP contribution in [0.25, 0.3) is 0 Å². The molecule has 3 aromatic carbocycles. The van der Waals surface area contributed by atoms with Crippen molar-refractivity contribution in [1.82, 2.24) is 15.5 Å². The van der Waals surface area contributed by atoms with Gasteiger partial charge >= 0.3 is 0 Å². The highest BCUT2D eigenvalue weighted by atomic mass is 32.1. The van der Waals surface area contributed by atoms with Gasteiger partial charge in [0.05, 0.1) is 12.6 Å². The lowest BCUT2D eigenvalue weighted by molar-refractivity contribution is -0.137. The maximum absolute atomic E-state index is 13.5. The third-order valence-corrected chi connectivity index (χ3v) is 8.52. The monoisotopic (exact) mass is 595 g/mol. The Labute approximate surface area is 254 Å². The molecular weight excluding hydrogens is 562 g/mol. The molecule has 0 spiro atoms. The lowest BCUT2D eigenvalue weighted by Gasteiger charge is -2.25. The quantitative estimate of drug-likeness (QED) is 0.154. The van der Waals surface area contributed by atoms with E-state index in [2.05, 4.69) is 10.6 Å². The number of benzene rings is 3. The first-order chi connectivity index (χ1) is 20.8. The van der Waals surface area contributed by atoms with Gasteiger partial charge in [-0.1, -0.05) is 48.5 Å². The average molecular weight is 596 g/mol. The molecule has 0 unspecified atom stereocenters. The minimum Gasteiger partial charge on any atom is -0.457 e. The van der Waals surface area contributed by atoms with Crippen LogP contribution in [-0.4, -0.2) is 47.6 Å². The first-order valence-corrected chi connectivity index (χ1v) is 14.8. The van der Waals surface area contributed by atoms with Crippen LogP contribution >= 0.6 is 11.3 Å². The summed E-state index contributed by atoms with van der Waals surface area (Å²) in [4.78, 5) is 42.2. The molecule has 0 bridgehead atoms. The second kappa shape index (κ2) is 13.3. The molecule has 2 heterocycles. The molecule has 5 rings (SSSR count). The molecule has 43 heavy (non-hydrogen) atoms. The number of hydrogen-bond donors (Lipinski definition) is 4. The summed E-state index contributed by atoms with van der Waals surface area (Å²) in [6.45, 7) is 1.98. The van der Waals surface area contributed by atoms with E-state index in [0.29, 0.717) is 35.6 Å². The number of likely N-dealkylation sites (tertiary alicyclic amines) is 1. The summed E-state index contributed by atoms with van der Waals surface area (Å²) in [5.74, 6) is 0.232. The van der Waals surface area contributed by atoms with Gasteiger partial charge in [-0.3, -0.25) is 19.8 Å². The average Bonchev–Trinajstić information content (AvgIpc) is 3.70. The van der Waals surface area contributed by atoms with Crippen molar-refractivity contribution in [2.24, 2.45) is 5.73 Å². The van der Waals surface area contributed by atoms with Gasteiger partial charge in [0.2, 0.25) is 11.8 Å². The number of carbonyl (C=O) groups excluding carboxylic acids is 3. The van der Waals surface area contributed by atoms with E-state index in [1.54, 1.807) is 40.6 Å². The molecule has 10 heteroatoms. The standard InChI is InChI=1S/C33H33N5O4S/c1-21(29-17-25(20-43-29)31(34)35)37-33(41)28-16-24(22-8-4-2-5-9-22)19-38(28)30(39)18-36-32(40)23-12-14-27(15-13-23)42-26-10-6-3-7-11-26/h2-15,17,20-21,24,28H,16,18-19H2,1H3,(H3,34,35)(H,36,40)(H,37,41)/t21-,24-,28+/m1/s1. The van der Waals surface area contributed by atoms with Gasteiger partial charge in [0, 0.05) is 33.8 Å². The number of para-hydroxylation sites is 1. The normalized spacial score (nSPS) is 16.7. The molecular formula is C33H33N5O4S. The van der Waals surface area contributed by atoms with Crippen LogP contribution in [0.2, 0.25) is 0 Å². The van der Waals surface area contributed by atoms with E-state index >= 15 is 0 Å². The number of carbonyl (C=O) groups is 3. The van der Waals surface area contributed by atoms with Gasteiger partial charge in [-0.2, -0.15) is 0 Å². The molecule has 5 N–H and O–H groups in total. The van der Waals surface area contributed by atoms with Crippen molar-refractivity contribution in [3.63, 3.8) is 0 Å². The fraction of sp³-hybridized carbons (Fsp3) is 0.212. The highest BCUT2D eigenvalue weighted by Gasteiger charge is 2.40. The van der Waals surface area contributed by atoms with Crippen molar-refractivity contribution in [2.75, 3.05) is 13.1 Å². The topological polar surface area (TPSA) is 138 Å². The highest BCUT2D eigenvalue weighted by molar-refractivity contribution is 7.10. The summed E-state index contributed by atoms with van der Waals surface area (Å²) in [5.41, 5.74) is 7.64. The third kappa shape index (κ3) is 7.28. The van der Waals surface area contributed by atoms with Crippen molar-refractivity contribution in [3.8, 4) is 11.5 Å². The number of amidine groups is 1. The van der Waals surface area contributed by atoms with Crippen LogP contribution in [0.5, 0.6) is 11.5 Å². The number of amides is 3. The Morgan fingerprint density at radius 1 is 0.977 bits per heavy atom. The van der Waals surface area contributed by atoms with E-state index in [9.17, 15) is 14.4 Å². The Bertz CT molecular complexity index is 1590. The Balaban J connectivity index is 1.23. The predicted octanol–water partition coefficient (Wildman–Crippen LogP) is 4.82. The van der Waals surface area contributed by atoms with Gasteiger partial charge in [-0.25, -0.2) is 0 Å². The van der Waals surface area contributed by atoms with Crippen molar-refractivity contribution >= 4 is 34.9 Å². The molecule has 9 nitrogen and oxygen atoms in total. The molecule has 1 fully saturated rings. The van der Waals surface area contributed by atoms with E-state index in [1.165, 1.54) is 11.3 Å². The van der Waals surface area contributed by atoms with Crippen molar-refractivity contribution in [1.29, 1.82) is 5.41 Å². The number of nitrogens with two attached hydrogens (primary N) is 1. The van der Waals surface area contributed by atoms with Crippen molar-refractivity contribution < 1.29 is 19.1 Å². The van der Waals surface area contributed by atoms with E-state index in [4.69, 9.17) is 15.9 Å². The van der Waals surface area contributed by atoms with E-state index in [1.807, 2.05) is 67.6 Å². The lowest BCUT2D eigenvalue weighted by atomic mass is 9.96. The van der Waals surface area contributed by atoms with E-state index < -0.39 is 11.9 Å². The fourth-order valence-electron chi connectivity index (χ4n) is 5.09. The molecule has 0 saturated carbocycles. The number of ether oxygens (including phenoxy) is 1. The summed E-state index contributed by atoms with van der Waals surface area (Å²) in [6, 6.07) is 26.6. The van der Waals surface area contributed by atoms with Crippen LogP contribution in [0.1, 0.15) is 51.7 Å². The molecule has 1 saturated heterocycles. The van der Waals surface area contributed by atoms with Crippen LogP contribution in [0, 0.1) is 5.41 Å². The Morgan fingerprint density at radius 2 is 1.63 bits per heavy atom. The molecule has 1 aromatic heterocycles. The second-order valence-electron chi connectivity index (χ2n) is 10.4. The first-order valence-electron chi connectivity index (χ1n) is 14.0. The summed E-state index contributed by atoms with van der Waals surface area (Å²) >= 11 is 1.41. The molecule has 1 aliphatic heterocycles. The van der Waals surface area contributed by atoms with Crippen LogP contribution in [0.4, 0.5) is 0 Å². The molecule has 3 atom stereocenters. The zero-order valence-electron chi connectivity index (χ0n) is 23.7. The number of nitrogens with zero attached hydrogens (tertiary/aromatic N) is 1. The van der Waals surface area contributed by atoms with Gasteiger partial charge in [0.1, 0.15) is 23.4 Å². The van der Waals surface area contributed by atoms with Gasteiger partial charge in [0.25, 0.3) is 5.91 Å². The molecule has 220 valence electrons. The number of nitrogens with one attached hydrogen (secondary N) is 3. The summed E-state index contributed by atoms with van der Waals surface area (Å²) in [7, 11) is 0. The SMILES string of the molecule is C[C@@H](NC(=O)[C@@H]1C[C@@H](c2ccccc2)CN1C(=O)CNC(=O)c1ccc(Oc2ccccc2)cc1)c1cc(C(=N)N)cs1. The van der Waals surface area contributed by atoms with E-state index in [-0.39, 0.29) is 36.2 Å². The number of thiophene rings is 1. The molecule has 4 aromatic rings. The summed E-state index contributed by atoms with van der Waals surface area (Å²) < 4.78 is 5.78. The smallest absolute Gasteiger partial charge is 0.251 e. The minimum absolute atomic E-state index is 0.0184. The van der Waals surface area contributed by atoms with Gasteiger partial charge in [-0.15, -0.1) is 11.3 Å². The maximum atomic E-state index is 13.5. The van der Waals surface area contributed by atoms with Gasteiger partial charge in [0.15, 0.2) is 0 Å². The van der Waals surface area contributed by atoms with Gasteiger partial charge < -0.3 is 26.0 Å². The number of rotatable bonds is 10. The molecule has 0 radical (unpaired) electrons. The van der Waals surface area contributed by atoms with Crippen LogP contribution in [-0.2, 0) is 9.59 Å². The van der Waals surface area contributed by atoms with Crippen molar-refractivity contribution in [3.05, 3.63) is 118 Å². The van der Waals surface area contributed by atoms with E-state index in [0.717, 1.165) is 10.4 Å². The Morgan fingerprint density at radius 3 is 2.28 bits per heavy atom. The summed E-state index contributed by atoms with van der Waals surface area (Å²) in [6.07, 6.45) is 0.467. The van der Waals surface area contributed by atoms with Crippen molar-refractivity contribution in [2.45, 2.75) is 31.3 Å². The number of nitrogen functional groups attached to an aromatic ring is 1. The fourth-order valence-corrected chi connectivity index (χ4v) is 6.00.